The maximum absolute atomic E-state index is 11.7. The van der Waals surface area contributed by atoms with Crippen molar-refractivity contribution in [3.63, 3.8) is 0 Å². The van der Waals surface area contributed by atoms with Crippen LogP contribution in [0.1, 0.15) is 100 Å². The van der Waals surface area contributed by atoms with Crippen LogP contribution >= 0.6 is 0 Å². The maximum atomic E-state index is 11.7. The highest BCUT2D eigenvalue weighted by molar-refractivity contribution is 5.83. The molecule has 2 fully saturated rings. The highest BCUT2D eigenvalue weighted by atomic mass is 16.8. The van der Waals surface area contributed by atoms with Crippen LogP contribution in [0, 0.1) is 16.7 Å². The zero-order valence-electron chi connectivity index (χ0n) is 25.6. The van der Waals surface area contributed by atoms with Crippen LogP contribution in [-0.2, 0) is 38.0 Å². The molecule has 2 saturated heterocycles. The molecule has 0 unspecified atom stereocenters. The lowest BCUT2D eigenvalue weighted by atomic mass is 9.81. The number of rotatable bonds is 13. The van der Waals surface area contributed by atoms with Gasteiger partial charge in [-0.1, -0.05) is 51.7 Å². The summed E-state index contributed by atoms with van der Waals surface area (Å²) < 4.78 is 40.1. The first kappa shape index (κ1) is 31.9. The van der Waals surface area contributed by atoms with E-state index in [4.69, 9.17) is 33.2 Å². The Balaban J connectivity index is 1.47. The van der Waals surface area contributed by atoms with Gasteiger partial charge in [0.25, 0.3) is 11.7 Å². The van der Waals surface area contributed by atoms with E-state index >= 15 is 0 Å². The Morgan fingerprint density at radius 2 is 1.23 bits per heavy atom. The lowest BCUT2D eigenvalue weighted by Crippen LogP contribution is -2.45. The van der Waals surface area contributed by atoms with Crippen LogP contribution in [0.2, 0.25) is 0 Å². The molecule has 0 aromatic carbocycles. The number of hydrogen-bond donors (Lipinski definition) is 0. The smallest absolute Gasteiger partial charge is 0.341 e. The number of hydrogen-bond acceptors (Lipinski definition) is 8. The third-order valence-electron chi connectivity index (χ3n) is 7.74. The standard InChI is InChI=1S/C31H52O8/c1-27(2)34-20-30(7,21-35-27)16-11-14-24(15-12-17-31(8)22-36-28(3,4)37-23-31)13-9-10-18-33-26-19-25(32)38-29(5,6)39-26/h9-10,19,24H,11-18,20-23H2,1-8H3/b10-9+. The van der Waals surface area contributed by atoms with Gasteiger partial charge >= 0.3 is 5.97 Å². The molecule has 39 heavy (non-hydrogen) atoms. The van der Waals surface area contributed by atoms with Gasteiger partial charge in [-0.25, -0.2) is 4.79 Å². The third kappa shape index (κ3) is 11.1. The van der Waals surface area contributed by atoms with E-state index in [0.717, 1.165) is 71.4 Å². The summed E-state index contributed by atoms with van der Waals surface area (Å²) in [4.78, 5) is 11.7. The van der Waals surface area contributed by atoms with Crippen LogP contribution in [-0.4, -0.2) is 56.4 Å². The Morgan fingerprint density at radius 3 is 1.69 bits per heavy atom. The minimum atomic E-state index is -1.02. The van der Waals surface area contributed by atoms with E-state index in [9.17, 15) is 4.79 Å². The maximum Gasteiger partial charge on any atom is 0.341 e. The predicted octanol–water partition coefficient (Wildman–Crippen LogP) is 6.64. The second-order valence-electron chi connectivity index (χ2n) is 13.6. The first-order chi connectivity index (χ1) is 18.1. The Bertz CT molecular complexity index is 812. The molecule has 0 aromatic rings. The van der Waals surface area contributed by atoms with Crippen molar-refractivity contribution >= 4 is 5.97 Å². The van der Waals surface area contributed by atoms with E-state index in [2.05, 4.69) is 19.9 Å². The molecule has 0 atom stereocenters. The highest BCUT2D eigenvalue weighted by Gasteiger charge is 2.37. The van der Waals surface area contributed by atoms with Gasteiger partial charge in [-0.15, -0.1) is 0 Å². The van der Waals surface area contributed by atoms with E-state index < -0.39 is 23.3 Å². The predicted molar refractivity (Wildman–Crippen MR) is 148 cm³/mol. The fourth-order valence-electron chi connectivity index (χ4n) is 5.08. The van der Waals surface area contributed by atoms with Crippen LogP contribution in [0.25, 0.3) is 0 Å². The van der Waals surface area contributed by atoms with Crippen molar-refractivity contribution in [1.29, 1.82) is 0 Å². The van der Waals surface area contributed by atoms with Crippen molar-refractivity contribution < 1.29 is 38.0 Å². The zero-order chi connectivity index (χ0) is 28.8. The number of carbonyl (C=O) groups is 1. The fraction of sp³-hybridized carbons (Fsp3) is 0.839. The minimum Gasteiger partial charge on any atom is -0.461 e. The quantitative estimate of drug-likeness (QED) is 0.186. The summed E-state index contributed by atoms with van der Waals surface area (Å²) >= 11 is 0. The van der Waals surface area contributed by atoms with Gasteiger partial charge in [-0.05, 0) is 52.9 Å². The van der Waals surface area contributed by atoms with Gasteiger partial charge in [0, 0.05) is 24.7 Å². The summed E-state index contributed by atoms with van der Waals surface area (Å²) in [6.45, 7) is 19.1. The summed E-state index contributed by atoms with van der Waals surface area (Å²) in [5.41, 5.74) is 0.118. The average Bonchev–Trinajstić information content (AvgIpc) is 2.82. The van der Waals surface area contributed by atoms with Crippen molar-refractivity contribution in [2.24, 2.45) is 16.7 Å². The molecular formula is C31H52O8. The first-order valence-electron chi connectivity index (χ1n) is 14.6. The molecular weight excluding hydrogens is 500 g/mol. The number of carbonyl (C=O) groups excluding carboxylic acids is 1. The molecule has 3 aliphatic rings. The summed E-state index contributed by atoms with van der Waals surface area (Å²) in [6.07, 6.45) is 13.1. The molecule has 0 N–H and O–H groups in total. The molecule has 3 aliphatic heterocycles. The molecule has 0 spiro atoms. The van der Waals surface area contributed by atoms with Gasteiger partial charge in [-0.2, -0.15) is 0 Å². The minimum absolute atomic E-state index is 0.0590. The van der Waals surface area contributed by atoms with Crippen molar-refractivity contribution in [3.8, 4) is 0 Å². The van der Waals surface area contributed by atoms with Crippen molar-refractivity contribution in [3.05, 3.63) is 24.2 Å². The summed E-state index contributed by atoms with van der Waals surface area (Å²) in [7, 11) is 0. The zero-order valence-corrected chi connectivity index (χ0v) is 25.6. The Morgan fingerprint density at radius 1 is 0.744 bits per heavy atom. The molecule has 0 aliphatic carbocycles. The molecule has 0 saturated carbocycles. The SMILES string of the molecule is CC1(CCCC(C/C=C/COC2=CC(=O)OC(C)(C)O2)CCCC2(C)COC(C)(C)OC2)COC(C)(C)OC1. The lowest BCUT2D eigenvalue weighted by Gasteiger charge is -2.42. The normalized spacial score (nSPS) is 25.2. The summed E-state index contributed by atoms with van der Waals surface area (Å²) in [6, 6.07) is 0. The topological polar surface area (TPSA) is 81.7 Å². The van der Waals surface area contributed by atoms with E-state index in [-0.39, 0.29) is 16.8 Å². The van der Waals surface area contributed by atoms with Crippen molar-refractivity contribution in [1.82, 2.24) is 0 Å². The summed E-state index contributed by atoms with van der Waals surface area (Å²) in [5.74, 6) is -1.68. The number of allylic oxidation sites excluding steroid dienone is 1. The second kappa shape index (κ2) is 12.9. The van der Waals surface area contributed by atoms with Crippen LogP contribution in [0.5, 0.6) is 0 Å². The van der Waals surface area contributed by atoms with Crippen LogP contribution in [0.3, 0.4) is 0 Å². The van der Waals surface area contributed by atoms with Gasteiger partial charge in [-0.3, -0.25) is 0 Å². The van der Waals surface area contributed by atoms with Gasteiger partial charge in [0.15, 0.2) is 11.6 Å². The van der Waals surface area contributed by atoms with E-state index in [1.807, 2.05) is 33.8 Å². The first-order valence-corrected chi connectivity index (χ1v) is 14.6. The molecule has 3 heterocycles. The number of ether oxygens (including phenoxy) is 7. The van der Waals surface area contributed by atoms with E-state index in [1.54, 1.807) is 13.8 Å². The van der Waals surface area contributed by atoms with E-state index in [1.165, 1.54) is 6.08 Å². The Kier molecular flexibility index (Phi) is 10.6. The Labute approximate surface area is 235 Å². The molecule has 0 bridgehead atoms. The number of cyclic esters (lactones) is 1. The molecule has 8 heteroatoms. The van der Waals surface area contributed by atoms with Crippen molar-refractivity contribution in [2.45, 2.75) is 118 Å². The molecule has 3 rings (SSSR count). The summed E-state index contributed by atoms with van der Waals surface area (Å²) in [5, 5.41) is 0. The van der Waals surface area contributed by atoms with Gasteiger partial charge in [0.2, 0.25) is 0 Å². The van der Waals surface area contributed by atoms with Crippen LogP contribution in [0.4, 0.5) is 0 Å². The second-order valence-corrected chi connectivity index (χ2v) is 13.6. The van der Waals surface area contributed by atoms with Gasteiger partial charge in [0.1, 0.15) is 12.7 Å². The van der Waals surface area contributed by atoms with E-state index in [0.29, 0.717) is 12.5 Å². The third-order valence-corrected chi connectivity index (χ3v) is 7.74. The van der Waals surface area contributed by atoms with Gasteiger partial charge in [0.05, 0.1) is 26.4 Å². The average molecular weight is 553 g/mol. The largest absolute Gasteiger partial charge is 0.461 e. The fourth-order valence-corrected chi connectivity index (χ4v) is 5.08. The molecule has 8 nitrogen and oxygen atoms in total. The Hall–Kier alpha value is -1.61. The molecule has 224 valence electrons. The molecule has 0 aromatic heterocycles. The van der Waals surface area contributed by atoms with Crippen LogP contribution < -0.4 is 0 Å². The lowest BCUT2D eigenvalue weighted by molar-refractivity contribution is -0.283. The number of esters is 1. The molecule has 0 amide bonds. The monoisotopic (exact) mass is 552 g/mol. The van der Waals surface area contributed by atoms with Gasteiger partial charge < -0.3 is 33.2 Å². The highest BCUT2D eigenvalue weighted by Crippen LogP contribution is 2.37. The van der Waals surface area contributed by atoms with Crippen molar-refractivity contribution in [2.75, 3.05) is 33.0 Å². The van der Waals surface area contributed by atoms with Crippen LogP contribution in [0.15, 0.2) is 24.2 Å². The molecule has 0 radical (unpaired) electrons.